The Morgan fingerprint density at radius 2 is 2.31 bits per heavy atom. The molecule has 0 aromatic carbocycles. The van der Waals surface area contributed by atoms with Crippen LogP contribution in [0.15, 0.2) is 12.4 Å². The predicted molar refractivity (Wildman–Crippen MR) is 60.9 cm³/mol. The summed E-state index contributed by atoms with van der Waals surface area (Å²) in [5, 5.41) is 12.2. The van der Waals surface area contributed by atoms with Crippen LogP contribution in [0.5, 0.6) is 0 Å². The van der Waals surface area contributed by atoms with Crippen molar-refractivity contribution in [3.05, 3.63) is 18.1 Å². The molecule has 0 saturated carbocycles. The van der Waals surface area contributed by atoms with E-state index in [1.807, 2.05) is 6.07 Å². The molecule has 1 fully saturated rings. The Labute approximate surface area is 95.1 Å². The van der Waals surface area contributed by atoms with Gasteiger partial charge in [-0.2, -0.15) is 5.26 Å². The summed E-state index contributed by atoms with van der Waals surface area (Å²) in [5.41, 5.74) is 0.371. The van der Waals surface area contributed by atoms with Crippen molar-refractivity contribution >= 4 is 5.82 Å². The molecule has 0 bridgehead atoms. The number of nitrogens with one attached hydrogen (secondary N) is 1. The molecule has 2 heterocycles. The van der Waals surface area contributed by atoms with Crippen molar-refractivity contribution in [1.29, 1.82) is 5.26 Å². The number of rotatable bonds is 2. The minimum absolute atomic E-state index is 0.363. The minimum Gasteiger partial charge on any atom is -0.364 e. The van der Waals surface area contributed by atoms with Crippen LogP contribution >= 0.6 is 0 Å². The smallest absolute Gasteiger partial charge is 0.182 e. The number of aromatic nitrogens is 2. The Morgan fingerprint density at radius 1 is 1.50 bits per heavy atom. The molecule has 1 aliphatic rings. The van der Waals surface area contributed by atoms with Gasteiger partial charge >= 0.3 is 0 Å². The van der Waals surface area contributed by atoms with Gasteiger partial charge in [0, 0.05) is 25.0 Å². The normalized spacial score (nSPS) is 21.4. The molecule has 0 spiro atoms. The summed E-state index contributed by atoms with van der Waals surface area (Å²) in [6, 6.07) is 2.41. The second-order valence-corrected chi connectivity index (χ2v) is 4.11. The van der Waals surface area contributed by atoms with Crippen molar-refractivity contribution in [3.8, 4) is 6.07 Å². The van der Waals surface area contributed by atoms with Crippen LogP contribution in [0.2, 0.25) is 0 Å². The lowest BCUT2D eigenvalue weighted by molar-refractivity contribution is 0.260. The third-order valence-corrected chi connectivity index (χ3v) is 2.77. The fourth-order valence-corrected chi connectivity index (χ4v) is 2.00. The van der Waals surface area contributed by atoms with Crippen LogP contribution in [-0.2, 0) is 0 Å². The lowest BCUT2D eigenvalue weighted by Gasteiger charge is -2.30. The van der Waals surface area contributed by atoms with Crippen molar-refractivity contribution in [2.75, 3.05) is 25.5 Å². The Hall–Kier alpha value is -1.67. The van der Waals surface area contributed by atoms with Crippen LogP contribution < -0.4 is 5.32 Å². The second-order valence-electron chi connectivity index (χ2n) is 4.11. The molecule has 0 amide bonds. The average Bonchev–Trinajstić information content (AvgIpc) is 2.30. The quantitative estimate of drug-likeness (QED) is 0.795. The zero-order chi connectivity index (χ0) is 11.4. The first-order chi connectivity index (χ1) is 7.79. The molecular weight excluding hydrogens is 202 g/mol. The SMILES string of the molecule is CN1CCCC(Nc2nccnc2C#N)C1. The molecule has 5 heteroatoms. The number of nitrogens with zero attached hydrogens (tertiary/aromatic N) is 4. The van der Waals surface area contributed by atoms with Gasteiger partial charge in [0.15, 0.2) is 11.5 Å². The van der Waals surface area contributed by atoms with Gasteiger partial charge in [0.25, 0.3) is 0 Å². The fraction of sp³-hybridized carbons (Fsp3) is 0.545. The lowest BCUT2D eigenvalue weighted by Crippen LogP contribution is -2.40. The van der Waals surface area contributed by atoms with Gasteiger partial charge in [0.2, 0.25) is 0 Å². The summed E-state index contributed by atoms with van der Waals surface area (Å²) >= 11 is 0. The maximum atomic E-state index is 8.90. The fourth-order valence-electron chi connectivity index (χ4n) is 2.00. The molecule has 1 saturated heterocycles. The van der Waals surface area contributed by atoms with Crippen LogP contribution in [-0.4, -0.2) is 41.0 Å². The Bertz CT molecular complexity index is 398. The highest BCUT2D eigenvalue weighted by atomic mass is 15.2. The number of hydrogen-bond acceptors (Lipinski definition) is 5. The second kappa shape index (κ2) is 4.90. The Balaban J connectivity index is 2.06. The maximum Gasteiger partial charge on any atom is 0.182 e. The largest absolute Gasteiger partial charge is 0.364 e. The van der Waals surface area contributed by atoms with E-state index < -0.39 is 0 Å². The van der Waals surface area contributed by atoms with Crippen LogP contribution in [0, 0.1) is 11.3 Å². The summed E-state index contributed by atoms with van der Waals surface area (Å²) in [6.45, 7) is 2.13. The van der Waals surface area contributed by atoms with Crippen molar-refractivity contribution < 1.29 is 0 Å². The van der Waals surface area contributed by atoms with E-state index in [-0.39, 0.29) is 0 Å². The van der Waals surface area contributed by atoms with Crippen LogP contribution in [0.25, 0.3) is 0 Å². The third-order valence-electron chi connectivity index (χ3n) is 2.77. The van der Waals surface area contributed by atoms with Gasteiger partial charge in [-0.15, -0.1) is 0 Å². The molecule has 0 aliphatic carbocycles. The van der Waals surface area contributed by atoms with Crippen LogP contribution in [0.3, 0.4) is 0 Å². The van der Waals surface area contributed by atoms with Gasteiger partial charge < -0.3 is 10.2 Å². The average molecular weight is 217 g/mol. The molecule has 84 valence electrons. The minimum atomic E-state index is 0.363. The van der Waals surface area contributed by atoms with Gasteiger partial charge in [-0.25, -0.2) is 9.97 Å². The molecule has 1 atom stereocenters. The highest BCUT2D eigenvalue weighted by Gasteiger charge is 2.18. The van der Waals surface area contributed by atoms with E-state index in [1.54, 1.807) is 6.20 Å². The summed E-state index contributed by atoms with van der Waals surface area (Å²) in [5.74, 6) is 0.602. The predicted octanol–water partition coefficient (Wildman–Crippen LogP) is 0.854. The molecule has 1 aromatic rings. The monoisotopic (exact) mass is 217 g/mol. The number of hydrogen-bond donors (Lipinski definition) is 1. The topological polar surface area (TPSA) is 64.8 Å². The van der Waals surface area contributed by atoms with Gasteiger partial charge in [-0.3, -0.25) is 0 Å². The van der Waals surface area contributed by atoms with Gasteiger partial charge in [-0.05, 0) is 26.4 Å². The number of likely N-dealkylation sites (tertiary alicyclic amines) is 1. The molecular formula is C11H15N5. The van der Waals surface area contributed by atoms with Crippen molar-refractivity contribution in [3.63, 3.8) is 0 Å². The lowest BCUT2D eigenvalue weighted by atomic mass is 10.1. The third kappa shape index (κ3) is 2.47. The van der Waals surface area contributed by atoms with E-state index in [0.717, 1.165) is 19.5 Å². The molecule has 16 heavy (non-hydrogen) atoms. The molecule has 1 aromatic heterocycles. The molecule has 2 rings (SSSR count). The molecule has 0 radical (unpaired) electrons. The highest BCUT2D eigenvalue weighted by molar-refractivity contribution is 5.47. The van der Waals surface area contributed by atoms with Crippen molar-refractivity contribution in [2.45, 2.75) is 18.9 Å². The summed E-state index contributed by atoms with van der Waals surface area (Å²) in [7, 11) is 2.11. The van der Waals surface area contributed by atoms with E-state index in [9.17, 15) is 0 Å². The van der Waals surface area contributed by atoms with Crippen molar-refractivity contribution in [2.24, 2.45) is 0 Å². The number of piperidine rings is 1. The summed E-state index contributed by atoms with van der Waals surface area (Å²) in [6.07, 6.45) is 5.44. The first-order valence-corrected chi connectivity index (χ1v) is 5.46. The first-order valence-electron chi connectivity index (χ1n) is 5.46. The van der Waals surface area contributed by atoms with E-state index in [2.05, 4.69) is 27.2 Å². The Morgan fingerprint density at radius 3 is 3.06 bits per heavy atom. The van der Waals surface area contributed by atoms with Gasteiger partial charge in [0.05, 0.1) is 0 Å². The Kier molecular flexibility index (Phi) is 3.32. The summed E-state index contributed by atoms with van der Waals surface area (Å²) < 4.78 is 0. The van der Waals surface area contributed by atoms with Crippen LogP contribution in [0.4, 0.5) is 5.82 Å². The van der Waals surface area contributed by atoms with E-state index >= 15 is 0 Å². The van der Waals surface area contributed by atoms with Crippen LogP contribution in [0.1, 0.15) is 18.5 Å². The number of nitriles is 1. The zero-order valence-corrected chi connectivity index (χ0v) is 9.35. The van der Waals surface area contributed by atoms with E-state index in [4.69, 9.17) is 5.26 Å². The van der Waals surface area contributed by atoms with Crippen molar-refractivity contribution in [1.82, 2.24) is 14.9 Å². The molecule has 1 N–H and O–H groups in total. The molecule has 1 aliphatic heterocycles. The molecule has 1 unspecified atom stereocenters. The number of likely N-dealkylation sites (N-methyl/N-ethyl adjacent to an activating group) is 1. The standard InChI is InChI=1S/C11H15N5/c1-16-6-2-3-9(8-16)15-11-10(7-12)13-4-5-14-11/h4-5,9H,2-3,6,8H2,1H3,(H,14,15). The highest BCUT2D eigenvalue weighted by Crippen LogP contribution is 2.14. The number of anilines is 1. The summed E-state index contributed by atoms with van der Waals surface area (Å²) in [4.78, 5) is 10.4. The van der Waals surface area contributed by atoms with E-state index in [0.29, 0.717) is 17.6 Å². The van der Waals surface area contributed by atoms with Gasteiger partial charge in [0.1, 0.15) is 6.07 Å². The van der Waals surface area contributed by atoms with E-state index in [1.165, 1.54) is 12.6 Å². The van der Waals surface area contributed by atoms with Gasteiger partial charge in [-0.1, -0.05) is 0 Å². The molecule has 5 nitrogen and oxygen atoms in total. The first kappa shape index (κ1) is 10.8. The maximum absolute atomic E-state index is 8.90. The zero-order valence-electron chi connectivity index (χ0n) is 9.35.